The summed E-state index contributed by atoms with van der Waals surface area (Å²) in [7, 11) is 0. The zero-order chi connectivity index (χ0) is 11.1. The molecule has 1 saturated heterocycles. The summed E-state index contributed by atoms with van der Waals surface area (Å²) in [5.41, 5.74) is -0.0938. The van der Waals surface area contributed by atoms with Gasteiger partial charge in [-0.15, -0.1) is 0 Å². The first-order valence-electron chi connectivity index (χ1n) is 5.25. The van der Waals surface area contributed by atoms with Crippen LogP contribution in [0.3, 0.4) is 0 Å². The molecule has 0 aromatic rings. The standard InChI is InChI=1S/C7H14O2.2C2H6/c1-6(2)5-8-7(3,4)9-6;2*1-2/h5H2,1-4H3;2*1-2H3. The third-order valence-electron chi connectivity index (χ3n) is 1.29. The van der Waals surface area contributed by atoms with Gasteiger partial charge in [0.2, 0.25) is 0 Å². The van der Waals surface area contributed by atoms with Crippen molar-refractivity contribution in [1.29, 1.82) is 0 Å². The SMILES string of the molecule is CC.CC.CC1(C)COC(C)(C)O1. The van der Waals surface area contributed by atoms with E-state index in [1.54, 1.807) is 0 Å². The van der Waals surface area contributed by atoms with Crippen molar-refractivity contribution in [1.82, 2.24) is 0 Å². The lowest BCUT2D eigenvalue weighted by molar-refractivity contribution is -0.153. The van der Waals surface area contributed by atoms with E-state index < -0.39 is 0 Å². The van der Waals surface area contributed by atoms with Crippen LogP contribution in [0.1, 0.15) is 55.4 Å². The minimum absolute atomic E-state index is 0.0938. The van der Waals surface area contributed by atoms with Crippen LogP contribution >= 0.6 is 0 Å². The van der Waals surface area contributed by atoms with Gasteiger partial charge in [0.1, 0.15) is 0 Å². The van der Waals surface area contributed by atoms with Crippen LogP contribution in [0, 0.1) is 0 Å². The lowest BCUT2D eigenvalue weighted by Crippen LogP contribution is -2.26. The number of rotatable bonds is 0. The lowest BCUT2D eigenvalue weighted by atomic mass is 10.2. The summed E-state index contributed by atoms with van der Waals surface area (Å²) < 4.78 is 10.8. The monoisotopic (exact) mass is 190 g/mol. The molecule has 1 aliphatic rings. The number of hydrogen-bond donors (Lipinski definition) is 0. The van der Waals surface area contributed by atoms with Gasteiger partial charge in [0.25, 0.3) is 0 Å². The van der Waals surface area contributed by atoms with E-state index in [2.05, 4.69) is 0 Å². The van der Waals surface area contributed by atoms with Crippen molar-refractivity contribution < 1.29 is 9.47 Å². The average Bonchev–Trinajstić information content (AvgIpc) is 2.32. The Labute approximate surface area is 83.6 Å². The molecule has 0 atom stereocenters. The van der Waals surface area contributed by atoms with Gasteiger partial charge >= 0.3 is 0 Å². The summed E-state index contributed by atoms with van der Waals surface area (Å²) in [6, 6.07) is 0. The molecule has 82 valence electrons. The molecule has 1 fully saturated rings. The van der Waals surface area contributed by atoms with E-state index in [0.29, 0.717) is 6.61 Å². The largest absolute Gasteiger partial charge is 0.348 e. The highest BCUT2D eigenvalue weighted by molar-refractivity contribution is 4.78. The molecular weight excluding hydrogens is 164 g/mol. The maximum Gasteiger partial charge on any atom is 0.163 e. The Kier molecular flexibility index (Phi) is 7.56. The van der Waals surface area contributed by atoms with Crippen molar-refractivity contribution in [2.75, 3.05) is 6.61 Å². The molecule has 0 amide bonds. The predicted octanol–water partition coefficient (Wildman–Crippen LogP) is 3.60. The summed E-state index contributed by atoms with van der Waals surface area (Å²) in [4.78, 5) is 0. The molecule has 0 unspecified atom stereocenters. The van der Waals surface area contributed by atoms with Crippen molar-refractivity contribution in [3.05, 3.63) is 0 Å². The summed E-state index contributed by atoms with van der Waals surface area (Å²) in [5.74, 6) is -0.372. The third kappa shape index (κ3) is 7.03. The Morgan fingerprint density at radius 3 is 1.31 bits per heavy atom. The average molecular weight is 190 g/mol. The van der Waals surface area contributed by atoms with E-state index in [1.165, 1.54) is 0 Å². The topological polar surface area (TPSA) is 18.5 Å². The molecule has 0 aromatic heterocycles. The van der Waals surface area contributed by atoms with Gasteiger partial charge in [-0.3, -0.25) is 0 Å². The highest BCUT2D eigenvalue weighted by Gasteiger charge is 2.37. The van der Waals surface area contributed by atoms with E-state index in [4.69, 9.17) is 9.47 Å². The van der Waals surface area contributed by atoms with Crippen molar-refractivity contribution in [2.45, 2.75) is 66.8 Å². The van der Waals surface area contributed by atoms with E-state index >= 15 is 0 Å². The van der Waals surface area contributed by atoms with Crippen molar-refractivity contribution in [2.24, 2.45) is 0 Å². The molecule has 0 saturated carbocycles. The fourth-order valence-corrected chi connectivity index (χ4v) is 1.07. The summed E-state index contributed by atoms with van der Waals surface area (Å²) in [6.45, 7) is 16.6. The second-order valence-corrected chi connectivity index (χ2v) is 3.55. The Morgan fingerprint density at radius 1 is 0.846 bits per heavy atom. The maximum absolute atomic E-state index is 5.51. The van der Waals surface area contributed by atoms with Gasteiger partial charge in [-0.25, -0.2) is 0 Å². The number of ether oxygens (including phenoxy) is 2. The molecule has 1 heterocycles. The van der Waals surface area contributed by atoms with Crippen molar-refractivity contribution in [3.63, 3.8) is 0 Å². The normalized spacial score (nSPS) is 22.2. The molecule has 0 N–H and O–H groups in total. The molecule has 0 spiro atoms. The van der Waals surface area contributed by atoms with E-state index in [9.17, 15) is 0 Å². The highest BCUT2D eigenvalue weighted by Crippen LogP contribution is 2.29. The molecule has 0 aliphatic carbocycles. The molecule has 2 heteroatoms. The molecule has 0 bridgehead atoms. The smallest absolute Gasteiger partial charge is 0.163 e. The molecule has 0 aromatic carbocycles. The van der Waals surface area contributed by atoms with Crippen LogP contribution in [-0.4, -0.2) is 18.0 Å². The van der Waals surface area contributed by atoms with Gasteiger partial charge in [0, 0.05) is 0 Å². The van der Waals surface area contributed by atoms with Crippen LogP contribution in [-0.2, 0) is 9.47 Å². The zero-order valence-corrected chi connectivity index (χ0v) is 10.5. The first kappa shape index (κ1) is 15.4. The summed E-state index contributed by atoms with van der Waals surface area (Å²) in [6.07, 6.45) is 0. The molecule has 1 rings (SSSR count). The Morgan fingerprint density at radius 2 is 1.23 bits per heavy atom. The second kappa shape index (κ2) is 6.39. The summed E-state index contributed by atoms with van der Waals surface area (Å²) in [5, 5.41) is 0. The number of hydrogen-bond acceptors (Lipinski definition) is 2. The van der Waals surface area contributed by atoms with Gasteiger partial charge in [-0.1, -0.05) is 27.7 Å². The molecule has 2 nitrogen and oxygen atoms in total. The maximum atomic E-state index is 5.51. The van der Waals surface area contributed by atoms with Crippen molar-refractivity contribution >= 4 is 0 Å². The molecular formula is C11H26O2. The minimum Gasteiger partial charge on any atom is -0.348 e. The van der Waals surface area contributed by atoms with Crippen LogP contribution in [0.4, 0.5) is 0 Å². The van der Waals surface area contributed by atoms with Crippen LogP contribution in [0.2, 0.25) is 0 Å². The van der Waals surface area contributed by atoms with Crippen LogP contribution in [0.25, 0.3) is 0 Å². The predicted molar refractivity (Wildman–Crippen MR) is 57.9 cm³/mol. The van der Waals surface area contributed by atoms with Gasteiger partial charge in [0.15, 0.2) is 5.79 Å². The van der Waals surface area contributed by atoms with Gasteiger partial charge in [-0.2, -0.15) is 0 Å². The van der Waals surface area contributed by atoms with Crippen LogP contribution < -0.4 is 0 Å². The van der Waals surface area contributed by atoms with Gasteiger partial charge in [0.05, 0.1) is 12.2 Å². The van der Waals surface area contributed by atoms with Crippen molar-refractivity contribution in [3.8, 4) is 0 Å². The fourth-order valence-electron chi connectivity index (χ4n) is 1.07. The fraction of sp³-hybridized carbons (Fsp3) is 1.00. The summed E-state index contributed by atoms with van der Waals surface area (Å²) >= 11 is 0. The van der Waals surface area contributed by atoms with E-state index in [1.807, 2.05) is 55.4 Å². The van der Waals surface area contributed by atoms with Gasteiger partial charge in [-0.05, 0) is 27.7 Å². The molecule has 13 heavy (non-hydrogen) atoms. The second-order valence-electron chi connectivity index (χ2n) is 3.55. The van der Waals surface area contributed by atoms with E-state index in [0.717, 1.165) is 0 Å². The first-order valence-corrected chi connectivity index (χ1v) is 5.25. The van der Waals surface area contributed by atoms with E-state index in [-0.39, 0.29) is 11.4 Å². The minimum atomic E-state index is -0.372. The quantitative estimate of drug-likeness (QED) is 0.581. The Bertz CT molecular complexity index is 103. The first-order chi connectivity index (χ1) is 5.91. The lowest BCUT2D eigenvalue weighted by Gasteiger charge is -2.20. The Hall–Kier alpha value is -0.0800. The van der Waals surface area contributed by atoms with Crippen LogP contribution in [0.5, 0.6) is 0 Å². The molecule has 0 radical (unpaired) electrons. The van der Waals surface area contributed by atoms with Gasteiger partial charge < -0.3 is 9.47 Å². The Balaban J connectivity index is 0. The zero-order valence-electron chi connectivity index (χ0n) is 10.5. The molecule has 1 aliphatic heterocycles. The highest BCUT2D eigenvalue weighted by atomic mass is 16.7. The third-order valence-corrected chi connectivity index (χ3v) is 1.29. The van der Waals surface area contributed by atoms with Crippen LogP contribution in [0.15, 0.2) is 0 Å².